The van der Waals surface area contributed by atoms with Crippen molar-refractivity contribution in [3.63, 3.8) is 0 Å². The number of ether oxygens (including phenoxy) is 1. The Labute approximate surface area is 188 Å². The molecule has 0 rings (SSSR count). The Morgan fingerprint density at radius 1 is 0.486 bits per heavy atom. The van der Waals surface area contributed by atoms with Crippen molar-refractivity contribution in [2.24, 2.45) is 0 Å². The van der Waals surface area contributed by atoms with Gasteiger partial charge in [0.1, 0.15) is 0 Å². The third kappa shape index (κ3) is 4.42. The predicted octanol–water partition coefficient (Wildman–Crippen LogP) is 7.34. The van der Waals surface area contributed by atoms with Crippen LogP contribution >= 0.6 is 0 Å². The highest BCUT2D eigenvalue weighted by Crippen LogP contribution is 2.67. The van der Waals surface area contributed by atoms with Crippen molar-refractivity contribution in [2.45, 2.75) is 66.6 Å². The Morgan fingerprint density at radius 2 is 0.784 bits per heavy atom. The molecule has 0 saturated heterocycles. The highest BCUT2D eigenvalue weighted by atomic mass is 19.4. The zero-order valence-electron chi connectivity index (χ0n) is 16.5. The number of halogens is 21. The van der Waals surface area contributed by atoms with Crippen LogP contribution in [0.1, 0.15) is 6.92 Å². The summed E-state index contributed by atoms with van der Waals surface area (Å²) in [5.74, 6) is -57.1. The van der Waals surface area contributed by atoms with Crippen molar-refractivity contribution in [3.05, 3.63) is 12.2 Å². The third-order valence-corrected chi connectivity index (χ3v) is 4.14. The summed E-state index contributed by atoms with van der Waals surface area (Å²) >= 11 is 0. The first kappa shape index (κ1) is 34.7. The number of carbonyl (C=O) groups is 1. The van der Waals surface area contributed by atoms with Gasteiger partial charge < -0.3 is 4.74 Å². The Hall–Kier alpha value is -2.26. The van der Waals surface area contributed by atoms with Crippen LogP contribution in [-0.4, -0.2) is 65.6 Å². The molecule has 0 aromatic heterocycles. The monoisotopic (exact) mass is 604 g/mol. The second kappa shape index (κ2) is 8.63. The number of alkyl halides is 21. The van der Waals surface area contributed by atoms with Gasteiger partial charge >= 0.3 is 65.6 Å². The molecule has 23 heteroatoms. The summed E-state index contributed by atoms with van der Waals surface area (Å²) in [6.07, 6.45) is -24.9. The van der Waals surface area contributed by atoms with E-state index in [1.165, 1.54) is 0 Å². The minimum Gasteiger partial charge on any atom is -0.413 e. The normalized spacial score (nSPS) is 17.4. The molecule has 0 bridgehead atoms. The van der Waals surface area contributed by atoms with Crippen molar-refractivity contribution in [3.8, 4) is 0 Å². The highest BCUT2D eigenvalue weighted by molar-refractivity contribution is 5.87. The molecule has 1 unspecified atom stereocenters. The first-order valence-electron chi connectivity index (χ1n) is 7.93. The van der Waals surface area contributed by atoms with Gasteiger partial charge in [-0.25, -0.2) is 9.18 Å². The second-order valence-corrected chi connectivity index (χ2v) is 6.79. The number of hydrogen-bond donors (Lipinski definition) is 0. The molecule has 0 aliphatic rings. The smallest absolute Gasteiger partial charge is 0.413 e. The van der Waals surface area contributed by atoms with E-state index in [0.717, 1.165) is 0 Å². The lowest BCUT2D eigenvalue weighted by molar-refractivity contribution is -0.491. The van der Waals surface area contributed by atoms with Crippen LogP contribution in [0.2, 0.25) is 0 Å². The minimum atomic E-state index is -9.15. The molecule has 220 valence electrons. The molecule has 0 fully saturated rings. The van der Waals surface area contributed by atoms with Gasteiger partial charge in [0.25, 0.3) is 0 Å². The first-order valence-corrected chi connectivity index (χ1v) is 7.93. The zero-order chi connectivity index (χ0) is 30.9. The number of rotatable bonds is 8. The fourth-order valence-corrected chi connectivity index (χ4v) is 2.05. The molecule has 0 saturated carbocycles. The molecule has 2 nitrogen and oxygen atoms in total. The van der Waals surface area contributed by atoms with Crippen LogP contribution in [0.5, 0.6) is 0 Å². The van der Waals surface area contributed by atoms with Crippen molar-refractivity contribution >= 4 is 5.97 Å². The maximum Gasteiger partial charge on any atom is 0.460 e. The molecule has 0 N–H and O–H groups in total. The molecule has 0 heterocycles. The standard InChI is InChI=1S/C14H5F21O2/c1-3(2)4(36)37-11(26,6(16,17)5(15,12(27,28)29)13(30,31)32)9(22,23)7(18,19)8(20,21)10(24,25)14(33,34)35/h1H2,2H3. The average Bonchev–Trinajstić information content (AvgIpc) is 2.63. The second-order valence-electron chi connectivity index (χ2n) is 6.79. The van der Waals surface area contributed by atoms with Gasteiger partial charge in [0.05, 0.1) is 0 Å². The summed E-state index contributed by atoms with van der Waals surface area (Å²) in [5, 5.41) is 0. The van der Waals surface area contributed by atoms with Crippen molar-refractivity contribution < 1.29 is 102 Å². The van der Waals surface area contributed by atoms with E-state index in [2.05, 4.69) is 11.3 Å². The summed E-state index contributed by atoms with van der Waals surface area (Å²) in [5.41, 5.74) is -10.8. The van der Waals surface area contributed by atoms with Crippen molar-refractivity contribution in [2.75, 3.05) is 0 Å². The number of carbonyl (C=O) groups excluding carboxylic acids is 1. The van der Waals surface area contributed by atoms with E-state index in [1.54, 1.807) is 0 Å². The minimum absolute atomic E-state index is 0.0419. The van der Waals surface area contributed by atoms with Crippen LogP contribution in [0.3, 0.4) is 0 Å². The molecule has 0 aliphatic carbocycles. The van der Waals surface area contributed by atoms with E-state index in [9.17, 15) is 97.0 Å². The summed E-state index contributed by atoms with van der Waals surface area (Å²) in [6.45, 7) is 2.13. The summed E-state index contributed by atoms with van der Waals surface area (Å²) in [6, 6.07) is 0. The zero-order valence-corrected chi connectivity index (χ0v) is 16.5. The maximum absolute atomic E-state index is 14.7. The van der Waals surface area contributed by atoms with Gasteiger partial charge in [-0.3, -0.25) is 0 Å². The Morgan fingerprint density at radius 3 is 1.03 bits per heavy atom. The van der Waals surface area contributed by atoms with Gasteiger partial charge in [-0.1, -0.05) is 6.58 Å². The largest absolute Gasteiger partial charge is 0.460 e. The van der Waals surface area contributed by atoms with Crippen molar-refractivity contribution in [1.82, 2.24) is 0 Å². The lowest BCUT2D eigenvalue weighted by Crippen LogP contribution is -2.80. The van der Waals surface area contributed by atoms with Gasteiger partial charge in [-0.2, -0.15) is 87.8 Å². The first-order chi connectivity index (χ1) is 15.6. The molecule has 0 aliphatic heterocycles. The van der Waals surface area contributed by atoms with Crippen LogP contribution in [0.4, 0.5) is 92.2 Å². The summed E-state index contributed by atoms with van der Waals surface area (Å²) in [7, 11) is 0. The Balaban J connectivity index is 7.90. The summed E-state index contributed by atoms with van der Waals surface area (Å²) < 4.78 is 279. The quantitative estimate of drug-likeness (QED) is 0.165. The average molecular weight is 604 g/mol. The van der Waals surface area contributed by atoms with Gasteiger partial charge in [-0.05, 0) is 6.92 Å². The van der Waals surface area contributed by atoms with E-state index < -0.39 is 71.2 Å². The van der Waals surface area contributed by atoms with E-state index in [-0.39, 0.29) is 6.92 Å². The van der Waals surface area contributed by atoms with Gasteiger partial charge in [0.2, 0.25) is 0 Å². The van der Waals surface area contributed by atoms with E-state index >= 15 is 0 Å². The molecule has 0 aromatic rings. The lowest BCUT2D eigenvalue weighted by Gasteiger charge is -2.47. The van der Waals surface area contributed by atoms with Crippen molar-refractivity contribution in [1.29, 1.82) is 0 Å². The number of hydrogen-bond acceptors (Lipinski definition) is 2. The van der Waals surface area contributed by atoms with Gasteiger partial charge in [0, 0.05) is 5.57 Å². The molecular formula is C14H5F21O2. The molecule has 0 aromatic carbocycles. The molecule has 1 atom stereocenters. The fraction of sp³-hybridized carbons (Fsp3) is 0.786. The van der Waals surface area contributed by atoms with E-state index in [4.69, 9.17) is 0 Å². The molecule has 0 amide bonds. The SMILES string of the molecule is C=C(C)C(=O)OC(F)(C(F)(F)C(F)(F)C(F)(F)C(F)(F)C(F)(F)F)C(F)(F)C(F)(C(F)(F)F)C(F)(F)F. The maximum atomic E-state index is 14.7. The van der Waals surface area contributed by atoms with E-state index in [0.29, 0.717) is 0 Å². The van der Waals surface area contributed by atoms with Crippen LogP contribution in [0.15, 0.2) is 12.2 Å². The highest BCUT2D eigenvalue weighted by Gasteiger charge is 3.00. The van der Waals surface area contributed by atoms with Crippen LogP contribution in [-0.2, 0) is 9.53 Å². The summed E-state index contributed by atoms with van der Waals surface area (Å²) in [4.78, 5) is 11.1. The van der Waals surface area contributed by atoms with Crippen LogP contribution < -0.4 is 0 Å². The van der Waals surface area contributed by atoms with Crippen LogP contribution in [0.25, 0.3) is 0 Å². The topological polar surface area (TPSA) is 26.3 Å². The fourth-order valence-electron chi connectivity index (χ4n) is 2.05. The molecule has 0 spiro atoms. The van der Waals surface area contributed by atoms with Gasteiger partial charge in [0.15, 0.2) is 0 Å². The molecule has 0 radical (unpaired) electrons. The Kier molecular flexibility index (Phi) is 8.10. The lowest BCUT2D eigenvalue weighted by atomic mass is 9.82. The predicted molar refractivity (Wildman–Crippen MR) is 71.5 cm³/mol. The number of esters is 1. The molecule has 37 heavy (non-hydrogen) atoms. The molecular weight excluding hydrogens is 599 g/mol. The third-order valence-electron chi connectivity index (χ3n) is 4.14. The van der Waals surface area contributed by atoms with E-state index in [1.807, 2.05) is 0 Å². The van der Waals surface area contributed by atoms with Crippen LogP contribution in [0, 0.1) is 0 Å². The van der Waals surface area contributed by atoms with Gasteiger partial charge in [-0.15, -0.1) is 0 Å². The Bertz CT molecular complexity index is 876.